The highest BCUT2D eigenvalue weighted by atomic mass is 32.2. The summed E-state index contributed by atoms with van der Waals surface area (Å²) in [6, 6.07) is 8.64. The van der Waals surface area contributed by atoms with Crippen molar-refractivity contribution in [3.8, 4) is 0 Å². The maximum atomic E-state index is 3.41. The molecular weight excluding hydrogens is 294 g/mol. The monoisotopic (exact) mass is 315 g/mol. The van der Waals surface area contributed by atoms with Gasteiger partial charge in [0.1, 0.15) is 0 Å². The number of rotatable bonds is 1. The Morgan fingerprint density at radius 2 is 1.90 bits per heavy atom. The van der Waals surface area contributed by atoms with Crippen molar-refractivity contribution >= 4 is 40.5 Å². The number of aromatic amines is 1. The first-order valence-corrected chi connectivity index (χ1v) is 9.90. The molecule has 1 aromatic carbocycles. The summed E-state index contributed by atoms with van der Waals surface area (Å²) in [4.78, 5) is 3.41. The van der Waals surface area contributed by atoms with Gasteiger partial charge in [-0.1, -0.05) is 30.7 Å². The standard InChI is InChI=1S/C18H21NS2/c1-2-8-17-16(7-1)14(13-19-17)12-15-6-3-4-9-18(15)20-10-5-11-21-18/h1-2,7-8,12-13,19H,3-6,9-11H2/b15-12+. The van der Waals surface area contributed by atoms with Gasteiger partial charge in [0.05, 0.1) is 4.08 Å². The molecule has 0 bridgehead atoms. The summed E-state index contributed by atoms with van der Waals surface area (Å²) in [5.41, 5.74) is 4.29. The van der Waals surface area contributed by atoms with Gasteiger partial charge in [-0.2, -0.15) is 0 Å². The highest BCUT2D eigenvalue weighted by Crippen LogP contribution is 2.54. The van der Waals surface area contributed by atoms with Crippen LogP contribution in [-0.4, -0.2) is 20.6 Å². The lowest BCUT2D eigenvalue weighted by Crippen LogP contribution is -2.30. The molecule has 1 saturated carbocycles. The molecule has 2 heterocycles. The third-order valence-corrected chi connectivity index (χ3v) is 8.16. The molecule has 1 saturated heterocycles. The zero-order chi connectivity index (χ0) is 14.1. The molecule has 0 unspecified atom stereocenters. The lowest BCUT2D eigenvalue weighted by Gasteiger charge is -2.41. The second kappa shape index (κ2) is 5.77. The quantitative estimate of drug-likeness (QED) is 0.727. The number of hydrogen-bond acceptors (Lipinski definition) is 2. The van der Waals surface area contributed by atoms with E-state index in [2.05, 4.69) is 65.0 Å². The van der Waals surface area contributed by atoms with Crippen LogP contribution in [-0.2, 0) is 0 Å². The van der Waals surface area contributed by atoms with Crippen molar-refractivity contribution in [1.29, 1.82) is 0 Å². The lowest BCUT2D eigenvalue weighted by atomic mass is 9.92. The average Bonchev–Trinajstić information content (AvgIpc) is 2.94. The Bertz CT molecular complexity index is 656. The fourth-order valence-corrected chi connectivity index (χ4v) is 7.03. The van der Waals surface area contributed by atoms with E-state index < -0.39 is 0 Å². The van der Waals surface area contributed by atoms with Gasteiger partial charge in [-0.05, 0) is 54.4 Å². The maximum absolute atomic E-state index is 3.41. The van der Waals surface area contributed by atoms with Crippen LogP contribution >= 0.6 is 23.5 Å². The summed E-state index contributed by atoms with van der Waals surface area (Å²) in [5, 5.41) is 1.36. The maximum Gasteiger partial charge on any atom is 0.0823 e. The number of thioether (sulfide) groups is 2. The summed E-state index contributed by atoms with van der Waals surface area (Å²) in [6.45, 7) is 0. The Balaban J connectivity index is 1.75. The second-order valence-corrected chi connectivity index (χ2v) is 9.02. The number of para-hydroxylation sites is 1. The van der Waals surface area contributed by atoms with Crippen LogP contribution in [0.5, 0.6) is 0 Å². The van der Waals surface area contributed by atoms with E-state index in [0.29, 0.717) is 4.08 Å². The number of benzene rings is 1. The molecule has 1 nitrogen and oxygen atoms in total. The van der Waals surface area contributed by atoms with E-state index in [1.165, 1.54) is 60.1 Å². The van der Waals surface area contributed by atoms with Crippen LogP contribution < -0.4 is 0 Å². The summed E-state index contributed by atoms with van der Waals surface area (Å²) in [5.74, 6) is 2.66. The summed E-state index contributed by atoms with van der Waals surface area (Å²) >= 11 is 4.41. The van der Waals surface area contributed by atoms with Gasteiger partial charge < -0.3 is 4.98 Å². The molecule has 110 valence electrons. The predicted molar refractivity (Wildman–Crippen MR) is 97.0 cm³/mol. The van der Waals surface area contributed by atoms with Gasteiger partial charge in [-0.15, -0.1) is 23.5 Å². The molecule has 2 aliphatic rings. The minimum atomic E-state index is 0.384. The van der Waals surface area contributed by atoms with E-state index in [-0.39, 0.29) is 0 Å². The molecule has 3 heteroatoms. The van der Waals surface area contributed by atoms with Crippen LogP contribution in [0.1, 0.15) is 37.7 Å². The van der Waals surface area contributed by atoms with Crippen LogP contribution in [0.3, 0.4) is 0 Å². The molecule has 0 amide bonds. The molecule has 1 N–H and O–H groups in total. The van der Waals surface area contributed by atoms with Gasteiger partial charge in [0.25, 0.3) is 0 Å². The summed E-state index contributed by atoms with van der Waals surface area (Å²) in [6.07, 6.45) is 11.4. The first-order valence-electron chi connectivity index (χ1n) is 7.92. The Hall–Kier alpha value is -0.800. The lowest BCUT2D eigenvalue weighted by molar-refractivity contribution is 0.587. The Labute approximate surface area is 135 Å². The van der Waals surface area contributed by atoms with Crippen molar-refractivity contribution in [3.63, 3.8) is 0 Å². The number of aromatic nitrogens is 1. The Morgan fingerprint density at radius 1 is 1.05 bits per heavy atom. The summed E-state index contributed by atoms with van der Waals surface area (Å²) < 4.78 is 0.384. The molecule has 2 fully saturated rings. The normalized spacial score (nSPS) is 23.9. The van der Waals surface area contributed by atoms with E-state index >= 15 is 0 Å². The number of fused-ring (bicyclic) bond motifs is 1. The minimum Gasteiger partial charge on any atom is -0.361 e. The van der Waals surface area contributed by atoms with Crippen LogP contribution in [0, 0.1) is 0 Å². The van der Waals surface area contributed by atoms with Crippen LogP contribution in [0.2, 0.25) is 0 Å². The predicted octanol–water partition coefficient (Wildman–Crippen LogP) is 5.69. The average molecular weight is 316 g/mol. The molecular formula is C18H21NS2. The van der Waals surface area contributed by atoms with Gasteiger partial charge in [0, 0.05) is 17.1 Å². The SMILES string of the molecule is C(=C1/CCCCC12SCCCS2)/c1c[nH]c2ccccc12. The van der Waals surface area contributed by atoms with Crippen molar-refractivity contribution < 1.29 is 0 Å². The minimum absolute atomic E-state index is 0.384. The van der Waals surface area contributed by atoms with E-state index in [0.717, 1.165) is 0 Å². The molecule has 2 aromatic rings. The van der Waals surface area contributed by atoms with E-state index in [9.17, 15) is 0 Å². The van der Waals surface area contributed by atoms with Gasteiger partial charge in [-0.25, -0.2) is 0 Å². The number of hydrogen-bond donors (Lipinski definition) is 1. The van der Waals surface area contributed by atoms with Gasteiger partial charge in [0.2, 0.25) is 0 Å². The van der Waals surface area contributed by atoms with E-state index in [4.69, 9.17) is 0 Å². The molecule has 1 spiro atoms. The van der Waals surface area contributed by atoms with E-state index in [1.807, 2.05) is 0 Å². The van der Waals surface area contributed by atoms with Crippen molar-refractivity contribution in [2.45, 2.75) is 36.2 Å². The first kappa shape index (κ1) is 13.8. The molecule has 1 aliphatic carbocycles. The van der Waals surface area contributed by atoms with Crippen molar-refractivity contribution in [3.05, 3.63) is 41.6 Å². The molecule has 21 heavy (non-hydrogen) atoms. The highest BCUT2D eigenvalue weighted by Gasteiger charge is 2.38. The smallest absolute Gasteiger partial charge is 0.0823 e. The molecule has 1 aromatic heterocycles. The second-order valence-electron chi connectivity index (χ2n) is 5.97. The van der Waals surface area contributed by atoms with Crippen molar-refractivity contribution in [2.75, 3.05) is 11.5 Å². The Morgan fingerprint density at radius 3 is 2.81 bits per heavy atom. The summed E-state index contributed by atoms with van der Waals surface area (Å²) in [7, 11) is 0. The van der Waals surface area contributed by atoms with Crippen LogP contribution in [0.4, 0.5) is 0 Å². The van der Waals surface area contributed by atoms with Gasteiger partial charge >= 0.3 is 0 Å². The first-order chi connectivity index (χ1) is 10.4. The topological polar surface area (TPSA) is 15.8 Å². The van der Waals surface area contributed by atoms with Crippen molar-refractivity contribution in [1.82, 2.24) is 4.98 Å². The fraction of sp³-hybridized carbons (Fsp3) is 0.444. The fourth-order valence-electron chi connectivity index (χ4n) is 3.51. The van der Waals surface area contributed by atoms with E-state index in [1.54, 1.807) is 5.57 Å². The van der Waals surface area contributed by atoms with Gasteiger partial charge in [0.15, 0.2) is 0 Å². The van der Waals surface area contributed by atoms with Crippen molar-refractivity contribution in [2.24, 2.45) is 0 Å². The molecule has 0 radical (unpaired) electrons. The zero-order valence-electron chi connectivity index (χ0n) is 12.2. The number of H-pyrrole nitrogens is 1. The largest absolute Gasteiger partial charge is 0.361 e. The number of nitrogens with one attached hydrogen (secondary N) is 1. The Kier molecular flexibility index (Phi) is 3.80. The third-order valence-electron chi connectivity index (χ3n) is 4.60. The van der Waals surface area contributed by atoms with Crippen LogP contribution in [0.25, 0.3) is 17.0 Å². The molecule has 0 atom stereocenters. The molecule has 4 rings (SSSR count). The van der Waals surface area contributed by atoms with Crippen LogP contribution in [0.15, 0.2) is 36.0 Å². The third kappa shape index (κ3) is 2.55. The van der Waals surface area contributed by atoms with Gasteiger partial charge in [-0.3, -0.25) is 0 Å². The zero-order valence-corrected chi connectivity index (χ0v) is 13.9. The highest BCUT2D eigenvalue weighted by molar-refractivity contribution is 8.19. The molecule has 1 aliphatic heterocycles.